The fourth-order valence-electron chi connectivity index (χ4n) is 0.742. The Morgan fingerprint density at radius 1 is 1.56 bits per heavy atom. The monoisotopic (exact) mass is 118 g/mol. The number of hydrogen-bond donors (Lipinski definition) is 1. The molecule has 3 nitrogen and oxygen atoms in total. The second-order valence-electron chi connectivity index (χ2n) is 1.74. The Hall–Kier alpha value is -1.38. The van der Waals surface area contributed by atoms with Crippen LogP contribution in [0.3, 0.4) is 0 Å². The van der Waals surface area contributed by atoms with E-state index in [2.05, 4.69) is 21.3 Å². The molecule has 1 N–H and O–H groups in total. The molecule has 3 heteroatoms. The first kappa shape index (κ1) is 4.49. The van der Waals surface area contributed by atoms with E-state index < -0.39 is 0 Å². The Labute approximate surface area is 52.1 Å². The molecule has 0 amide bonds. The minimum atomic E-state index is 0.883. The summed E-state index contributed by atoms with van der Waals surface area (Å²) in [7, 11) is 0. The minimum Gasteiger partial charge on any atom is -0.335 e. The third kappa shape index (κ3) is 0.579. The van der Waals surface area contributed by atoms with Gasteiger partial charge in [0.15, 0.2) is 6.33 Å². The van der Waals surface area contributed by atoms with E-state index in [-0.39, 0.29) is 0 Å². The maximum atomic E-state index is 4.00. The van der Waals surface area contributed by atoms with Crippen LogP contribution in [0.25, 0.3) is 11.4 Å². The molecule has 0 aromatic heterocycles. The molecule has 0 atom stereocenters. The lowest BCUT2D eigenvalue weighted by Crippen LogP contribution is -1.82. The molecular formula is C6H4N3. The van der Waals surface area contributed by atoms with Crippen molar-refractivity contribution >= 4 is 0 Å². The highest BCUT2D eigenvalue weighted by molar-refractivity contribution is 5.53. The third-order valence-corrected chi connectivity index (χ3v) is 1.17. The Kier molecular flexibility index (Phi) is 0.773. The number of rotatable bonds is 0. The molecule has 0 saturated carbocycles. The van der Waals surface area contributed by atoms with Crippen molar-refractivity contribution in [2.45, 2.75) is 0 Å². The zero-order chi connectivity index (χ0) is 6.10. The summed E-state index contributed by atoms with van der Waals surface area (Å²) in [6.07, 6.45) is 6.01. The fourth-order valence-corrected chi connectivity index (χ4v) is 0.742. The van der Waals surface area contributed by atoms with Crippen LogP contribution in [0.5, 0.6) is 0 Å². The molecule has 2 aliphatic rings. The smallest absolute Gasteiger partial charge is 0.174 e. The van der Waals surface area contributed by atoms with Crippen molar-refractivity contribution < 1.29 is 0 Å². The van der Waals surface area contributed by atoms with Crippen molar-refractivity contribution in [3.8, 4) is 11.4 Å². The standard InChI is InChI=1S/C6H4N3/c1-2-8-6-3-7-4-9-5(1)6/h1-3H,(H,7,9). The maximum Gasteiger partial charge on any atom is 0.174 e. The van der Waals surface area contributed by atoms with Crippen LogP contribution in [0.1, 0.15) is 0 Å². The topological polar surface area (TPSA) is 41.6 Å². The van der Waals surface area contributed by atoms with Gasteiger partial charge in [0, 0.05) is 6.20 Å². The van der Waals surface area contributed by atoms with Crippen LogP contribution in [-0.2, 0) is 0 Å². The molecule has 0 aromatic carbocycles. The summed E-state index contributed by atoms with van der Waals surface area (Å²) in [6.45, 7) is 0. The van der Waals surface area contributed by atoms with Gasteiger partial charge in [-0.2, -0.15) is 0 Å². The molecule has 0 fully saturated rings. The van der Waals surface area contributed by atoms with E-state index in [1.165, 1.54) is 0 Å². The average molecular weight is 118 g/mol. The van der Waals surface area contributed by atoms with Crippen LogP contribution in [0.2, 0.25) is 0 Å². The van der Waals surface area contributed by atoms with E-state index in [4.69, 9.17) is 0 Å². The van der Waals surface area contributed by atoms with Crippen LogP contribution < -0.4 is 0 Å². The second kappa shape index (κ2) is 1.55. The van der Waals surface area contributed by atoms with E-state index in [1.54, 1.807) is 12.4 Å². The highest BCUT2D eigenvalue weighted by Gasteiger charge is 1.99. The van der Waals surface area contributed by atoms with Crippen molar-refractivity contribution in [2.24, 2.45) is 0 Å². The predicted molar refractivity (Wildman–Crippen MR) is 31.8 cm³/mol. The summed E-state index contributed by atoms with van der Waals surface area (Å²) in [5.74, 6) is 0. The fraction of sp³-hybridized carbons (Fsp3) is 0. The first-order chi connectivity index (χ1) is 4.47. The first-order valence-electron chi connectivity index (χ1n) is 2.62. The van der Waals surface area contributed by atoms with Gasteiger partial charge in [-0.05, 0) is 6.07 Å². The molecule has 0 aromatic rings. The van der Waals surface area contributed by atoms with Crippen molar-refractivity contribution in [2.75, 3.05) is 0 Å². The number of nitrogens with one attached hydrogen (secondary N) is 1. The van der Waals surface area contributed by atoms with Gasteiger partial charge in [-0.25, -0.2) is 4.98 Å². The summed E-state index contributed by atoms with van der Waals surface area (Å²) in [4.78, 5) is 10.6. The van der Waals surface area contributed by atoms with Crippen molar-refractivity contribution in [1.82, 2.24) is 15.0 Å². The summed E-state index contributed by atoms with van der Waals surface area (Å²) < 4.78 is 0. The van der Waals surface area contributed by atoms with Crippen LogP contribution in [-0.4, -0.2) is 15.0 Å². The summed E-state index contributed by atoms with van der Waals surface area (Å²) in [5, 5.41) is 0. The second-order valence-corrected chi connectivity index (χ2v) is 1.74. The lowest BCUT2D eigenvalue weighted by Gasteiger charge is -1.90. The quantitative estimate of drug-likeness (QED) is 0.553. The largest absolute Gasteiger partial charge is 0.335 e. The molecule has 2 aliphatic heterocycles. The highest BCUT2D eigenvalue weighted by Crippen LogP contribution is 2.12. The Morgan fingerprint density at radius 2 is 2.56 bits per heavy atom. The molecule has 0 spiro atoms. The highest BCUT2D eigenvalue weighted by atomic mass is 14.9. The van der Waals surface area contributed by atoms with Gasteiger partial charge in [0.05, 0.1) is 11.9 Å². The molecule has 0 saturated heterocycles. The summed E-state index contributed by atoms with van der Waals surface area (Å²) >= 11 is 0. The van der Waals surface area contributed by atoms with E-state index in [0.717, 1.165) is 11.4 Å². The average Bonchev–Trinajstić information content (AvgIpc) is 2.33. The van der Waals surface area contributed by atoms with Gasteiger partial charge in [-0.1, -0.05) is 0 Å². The molecular weight excluding hydrogens is 114 g/mol. The van der Waals surface area contributed by atoms with E-state index in [1.807, 2.05) is 6.07 Å². The molecule has 0 bridgehead atoms. The van der Waals surface area contributed by atoms with Gasteiger partial charge in [0.25, 0.3) is 0 Å². The molecule has 2 heterocycles. The van der Waals surface area contributed by atoms with Gasteiger partial charge in [0.1, 0.15) is 5.69 Å². The van der Waals surface area contributed by atoms with E-state index in [9.17, 15) is 0 Å². The van der Waals surface area contributed by atoms with Gasteiger partial charge >= 0.3 is 0 Å². The Morgan fingerprint density at radius 3 is 3.44 bits per heavy atom. The Balaban J connectivity index is 2.79. The lowest BCUT2D eigenvalue weighted by molar-refractivity contribution is 1.14. The zero-order valence-corrected chi connectivity index (χ0v) is 4.63. The lowest BCUT2D eigenvalue weighted by atomic mass is 10.3. The number of aromatic amines is 1. The Bertz CT molecular complexity index is 248. The SMILES string of the molecule is [c]1ncc2nccc-2[nH]1. The molecule has 9 heavy (non-hydrogen) atoms. The number of aromatic nitrogens is 3. The number of fused-ring (bicyclic) bond motifs is 1. The van der Waals surface area contributed by atoms with Crippen molar-refractivity contribution in [3.05, 3.63) is 24.8 Å². The molecule has 43 valence electrons. The maximum absolute atomic E-state index is 4.00. The minimum absolute atomic E-state index is 0.883. The number of nitrogens with zero attached hydrogens (tertiary/aromatic N) is 2. The number of H-pyrrole nitrogens is 1. The van der Waals surface area contributed by atoms with Crippen LogP contribution in [0.4, 0.5) is 0 Å². The van der Waals surface area contributed by atoms with Crippen molar-refractivity contribution in [1.29, 1.82) is 0 Å². The number of hydrogen-bond acceptors (Lipinski definition) is 2. The molecule has 1 radical (unpaired) electrons. The third-order valence-electron chi connectivity index (χ3n) is 1.17. The molecule has 2 rings (SSSR count). The normalized spacial score (nSPS) is 10.2. The zero-order valence-electron chi connectivity index (χ0n) is 4.63. The van der Waals surface area contributed by atoms with Crippen LogP contribution in [0, 0.1) is 6.33 Å². The van der Waals surface area contributed by atoms with Gasteiger partial charge in [-0.15, -0.1) is 0 Å². The first-order valence-corrected chi connectivity index (χ1v) is 2.62. The van der Waals surface area contributed by atoms with E-state index in [0.29, 0.717) is 0 Å². The van der Waals surface area contributed by atoms with Gasteiger partial charge in [0.2, 0.25) is 0 Å². The van der Waals surface area contributed by atoms with Crippen LogP contribution in [0.15, 0.2) is 18.5 Å². The summed E-state index contributed by atoms with van der Waals surface area (Å²) in [6, 6.07) is 1.88. The molecule has 0 aliphatic carbocycles. The summed E-state index contributed by atoms with van der Waals surface area (Å²) in [5.41, 5.74) is 1.86. The van der Waals surface area contributed by atoms with E-state index >= 15 is 0 Å². The molecule has 0 unspecified atom stereocenters. The van der Waals surface area contributed by atoms with Gasteiger partial charge < -0.3 is 4.98 Å². The van der Waals surface area contributed by atoms with Crippen LogP contribution >= 0.6 is 0 Å². The van der Waals surface area contributed by atoms with Crippen molar-refractivity contribution in [3.63, 3.8) is 0 Å². The van der Waals surface area contributed by atoms with Gasteiger partial charge in [-0.3, -0.25) is 4.98 Å². The predicted octanol–water partition coefficient (Wildman–Crippen LogP) is 0.710.